The zero-order valence-electron chi connectivity index (χ0n) is 9.12. The van der Waals surface area contributed by atoms with E-state index in [0.29, 0.717) is 11.4 Å². The number of pyridine rings is 2. The molecular formula is C12H10N2O3. The molecule has 0 aliphatic rings. The monoisotopic (exact) mass is 230 g/mol. The fraction of sp³-hybridized carbons (Fsp3) is 0.0833. The van der Waals surface area contributed by atoms with Gasteiger partial charge in [0.15, 0.2) is 5.75 Å². The molecule has 0 radical (unpaired) electrons. The molecule has 17 heavy (non-hydrogen) atoms. The van der Waals surface area contributed by atoms with Gasteiger partial charge in [0.25, 0.3) is 0 Å². The molecule has 0 spiro atoms. The van der Waals surface area contributed by atoms with Crippen LogP contribution in [-0.4, -0.2) is 21.0 Å². The molecule has 1 N–H and O–H groups in total. The number of carbonyl (C=O) groups is 1. The van der Waals surface area contributed by atoms with E-state index < -0.39 is 5.97 Å². The van der Waals surface area contributed by atoms with Gasteiger partial charge < -0.3 is 9.84 Å². The zero-order valence-corrected chi connectivity index (χ0v) is 9.12. The number of ether oxygens (including phenoxy) is 1. The van der Waals surface area contributed by atoms with E-state index in [9.17, 15) is 4.79 Å². The quantitative estimate of drug-likeness (QED) is 0.875. The summed E-state index contributed by atoms with van der Waals surface area (Å²) < 4.78 is 5.50. The average Bonchev–Trinajstić information content (AvgIpc) is 2.32. The summed E-state index contributed by atoms with van der Waals surface area (Å²) >= 11 is 0. The second kappa shape index (κ2) is 4.61. The van der Waals surface area contributed by atoms with E-state index in [1.54, 1.807) is 25.3 Å². The first kappa shape index (κ1) is 11.1. The summed E-state index contributed by atoms with van der Waals surface area (Å²) in [5, 5.41) is 8.99. The molecule has 86 valence electrons. The van der Waals surface area contributed by atoms with Gasteiger partial charge in [-0.15, -0.1) is 0 Å². The van der Waals surface area contributed by atoms with Crippen LogP contribution in [0.4, 0.5) is 0 Å². The second-order valence-corrected chi connectivity index (χ2v) is 3.37. The summed E-state index contributed by atoms with van der Waals surface area (Å²) in [6.45, 7) is 1.78. The van der Waals surface area contributed by atoms with Crippen LogP contribution in [0.5, 0.6) is 11.5 Å². The van der Waals surface area contributed by atoms with Crippen molar-refractivity contribution in [2.24, 2.45) is 0 Å². The van der Waals surface area contributed by atoms with Crippen LogP contribution in [-0.2, 0) is 0 Å². The summed E-state index contributed by atoms with van der Waals surface area (Å²) in [6.07, 6.45) is 4.42. The maximum Gasteiger partial charge on any atom is 0.339 e. The third kappa shape index (κ3) is 2.39. The molecule has 0 aliphatic heterocycles. The Morgan fingerprint density at radius 1 is 1.29 bits per heavy atom. The first-order chi connectivity index (χ1) is 8.18. The summed E-state index contributed by atoms with van der Waals surface area (Å²) in [5.74, 6) is -0.331. The number of aryl methyl sites for hydroxylation is 1. The number of hydrogen-bond donors (Lipinski definition) is 1. The minimum atomic E-state index is -1.05. The van der Waals surface area contributed by atoms with Crippen molar-refractivity contribution in [2.75, 3.05) is 0 Å². The Morgan fingerprint density at radius 3 is 2.82 bits per heavy atom. The number of carboxylic acids is 1. The van der Waals surface area contributed by atoms with Gasteiger partial charge >= 0.3 is 5.97 Å². The van der Waals surface area contributed by atoms with Crippen LogP contribution in [0.1, 0.15) is 16.1 Å². The number of nitrogens with zero attached hydrogens (tertiary/aromatic N) is 2. The molecule has 2 aromatic heterocycles. The third-order valence-corrected chi connectivity index (χ3v) is 2.19. The van der Waals surface area contributed by atoms with Gasteiger partial charge in [-0.1, -0.05) is 0 Å². The number of hydrogen-bond acceptors (Lipinski definition) is 4. The van der Waals surface area contributed by atoms with Crippen molar-refractivity contribution < 1.29 is 14.6 Å². The van der Waals surface area contributed by atoms with Crippen molar-refractivity contribution in [2.45, 2.75) is 6.92 Å². The summed E-state index contributed by atoms with van der Waals surface area (Å²) in [7, 11) is 0. The van der Waals surface area contributed by atoms with Crippen molar-refractivity contribution in [3.8, 4) is 11.5 Å². The smallest absolute Gasteiger partial charge is 0.339 e. The molecule has 0 amide bonds. The lowest BCUT2D eigenvalue weighted by Crippen LogP contribution is -2.01. The van der Waals surface area contributed by atoms with Crippen LogP contribution in [0.3, 0.4) is 0 Å². The highest BCUT2D eigenvalue weighted by Gasteiger charge is 2.12. The van der Waals surface area contributed by atoms with Gasteiger partial charge in [0.2, 0.25) is 0 Å². The standard InChI is InChI=1S/C12H10N2O3/c1-8-10(3-2-5-14-8)17-11-7-13-6-4-9(11)12(15)16/h2-7H,1H3,(H,15,16). The van der Waals surface area contributed by atoms with Crippen LogP contribution >= 0.6 is 0 Å². The normalized spacial score (nSPS) is 9.94. The molecule has 0 bridgehead atoms. The fourth-order valence-corrected chi connectivity index (χ4v) is 1.33. The van der Waals surface area contributed by atoms with E-state index in [2.05, 4.69) is 9.97 Å². The van der Waals surface area contributed by atoms with Crippen LogP contribution in [0, 0.1) is 6.92 Å². The Morgan fingerprint density at radius 2 is 2.12 bits per heavy atom. The molecule has 2 rings (SSSR count). The maximum atomic E-state index is 11.0. The Balaban J connectivity index is 2.37. The van der Waals surface area contributed by atoms with Crippen molar-refractivity contribution in [3.63, 3.8) is 0 Å². The minimum absolute atomic E-state index is 0.0725. The maximum absolute atomic E-state index is 11.0. The van der Waals surface area contributed by atoms with Crippen molar-refractivity contribution in [1.82, 2.24) is 9.97 Å². The molecule has 0 saturated heterocycles. The first-order valence-corrected chi connectivity index (χ1v) is 4.95. The van der Waals surface area contributed by atoms with Crippen molar-refractivity contribution in [3.05, 3.63) is 48.0 Å². The van der Waals surface area contributed by atoms with Crippen LogP contribution in [0.15, 0.2) is 36.8 Å². The second-order valence-electron chi connectivity index (χ2n) is 3.37. The molecule has 0 unspecified atom stereocenters. The third-order valence-electron chi connectivity index (χ3n) is 2.19. The first-order valence-electron chi connectivity index (χ1n) is 4.95. The van der Waals surface area contributed by atoms with E-state index in [0.717, 1.165) is 0 Å². The molecule has 0 aliphatic carbocycles. The average molecular weight is 230 g/mol. The molecule has 0 aromatic carbocycles. The molecule has 0 atom stereocenters. The number of rotatable bonds is 3. The lowest BCUT2D eigenvalue weighted by atomic mass is 10.2. The Labute approximate surface area is 97.7 Å². The van der Waals surface area contributed by atoms with Gasteiger partial charge in [-0.2, -0.15) is 0 Å². The van der Waals surface area contributed by atoms with E-state index in [4.69, 9.17) is 9.84 Å². The van der Waals surface area contributed by atoms with Gasteiger partial charge in [-0.3, -0.25) is 9.97 Å². The van der Waals surface area contributed by atoms with Gasteiger partial charge in [0.05, 0.1) is 11.9 Å². The van der Waals surface area contributed by atoms with Crippen LogP contribution in [0.25, 0.3) is 0 Å². The Kier molecular flexibility index (Phi) is 3.00. The lowest BCUT2D eigenvalue weighted by Gasteiger charge is -2.09. The van der Waals surface area contributed by atoms with Gasteiger partial charge in [-0.25, -0.2) is 4.79 Å². The lowest BCUT2D eigenvalue weighted by molar-refractivity contribution is 0.0694. The largest absolute Gasteiger partial charge is 0.478 e. The van der Waals surface area contributed by atoms with E-state index in [1.165, 1.54) is 18.5 Å². The highest BCUT2D eigenvalue weighted by molar-refractivity contribution is 5.90. The van der Waals surface area contributed by atoms with E-state index in [1.807, 2.05) is 0 Å². The number of carboxylic acid groups (broad SMARTS) is 1. The predicted octanol–water partition coefficient (Wildman–Crippen LogP) is 2.28. The van der Waals surface area contributed by atoms with E-state index >= 15 is 0 Å². The molecule has 5 heteroatoms. The summed E-state index contributed by atoms with van der Waals surface area (Å²) in [5.41, 5.74) is 0.760. The molecule has 2 heterocycles. The molecular weight excluding hydrogens is 220 g/mol. The number of aromatic carboxylic acids is 1. The predicted molar refractivity (Wildman–Crippen MR) is 60.2 cm³/mol. The molecule has 0 fully saturated rings. The van der Waals surface area contributed by atoms with Gasteiger partial charge in [0, 0.05) is 12.4 Å². The molecule has 2 aromatic rings. The van der Waals surface area contributed by atoms with Gasteiger partial charge in [-0.05, 0) is 25.1 Å². The van der Waals surface area contributed by atoms with Gasteiger partial charge in [0.1, 0.15) is 11.3 Å². The summed E-state index contributed by atoms with van der Waals surface area (Å²) in [6, 6.07) is 4.84. The van der Waals surface area contributed by atoms with Crippen LogP contribution in [0.2, 0.25) is 0 Å². The highest BCUT2D eigenvalue weighted by Crippen LogP contribution is 2.25. The molecule has 0 saturated carbocycles. The van der Waals surface area contributed by atoms with Crippen molar-refractivity contribution in [1.29, 1.82) is 0 Å². The fourth-order valence-electron chi connectivity index (χ4n) is 1.33. The Bertz CT molecular complexity index is 555. The highest BCUT2D eigenvalue weighted by atomic mass is 16.5. The van der Waals surface area contributed by atoms with Crippen LogP contribution < -0.4 is 4.74 Å². The topological polar surface area (TPSA) is 72.3 Å². The van der Waals surface area contributed by atoms with Crippen molar-refractivity contribution >= 4 is 5.97 Å². The summed E-state index contributed by atoms with van der Waals surface area (Å²) in [4.78, 5) is 18.9. The number of aromatic nitrogens is 2. The minimum Gasteiger partial charge on any atom is -0.478 e. The zero-order chi connectivity index (χ0) is 12.3. The molecule has 5 nitrogen and oxygen atoms in total. The van der Waals surface area contributed by atoms with E-state index in [-0.39, 0.29) is 11.3 Å². The SMILES string of the molecule is Cc1ncccc1Oc1cnccc1C(=O)O. The Hall–Kier alpha value is -2.43.